The molecule has 1 N–H and O–H groups in total. The number of aromatic hydroxyl groups is 1. The SMILES string of the molecule is CC(=O)c1nccn1-c1ccc(O)cc1. The third-order valence-electron chi connectivity index (χ3n) is 2.08. The van der Waals surface area contributed by atoms with Gasteiger partial charge in [-0.3, -0.25) is 9.36 Å². The van der Waals surface area contributed by atoms with Gasteiger partial charge in [0.1, 0.15) is 5.75 Å². The monoisotopic (exact) mass is 202 g/mol. The summed E-state index contributed by atoms with van der Waals surface area (Å²) in [7, 11) is 0. The highest BCUT2D eigenvalue weighted by Crippen LogP contribution is 2.15. The molecule has 0 amide bonds. The van der Waals surface area contributed by atoms with Crippen LogP contribution >= 0.6 is 0 Å². The highest BCUT2D eigenvalue weighted by molar-refractivity contribution is 5.91. The molecule has 0 aliphatic carbocycles. The van der Waals surface area contributed by atoms with Crippen molar-refractivity contribution >= 4 is 5.78 Å². The number of carbonyl (C=O) groups is 1. The van der Waals surface area contributed by atoms with Crippen LogP contribution in [-0.2, 0) is 0 Å². The Kier molecular flexibility index (Phi) is 2.25. The zero-order valence-corrected chi connectivity index (χ0v) is 8.21. The van der Waals surface area contributed by atoms with Crippen molar-refractivity contribution in [1.29, 1.82) is 0 Å². The molecule has 4 heteroatoms. The van der Waals surface area contributed by atoms with Gasteiger partial charge in [-0.05, 0) is 24.3 Å². The lowest BCUT2D eigenvalue weighted by molar-refractivity contribution is 0.100. The average molecular weight is 202 g/mol. The maximum atomic E-state index is 11.2. The van der Waals surface area contributed by atoms with Gasteiger partial charge >= 0.3 is 0 Å². The predicted molar refractivity (Wildman–Crippen MR) is 55.2 cm³/mol. The number of phenols is 1. The Labute approximate surface area is 86.8 Å². The number of imidazole rings is 1. The Balaban J connectivity index is 2.49. The standard InChI is InChI=1S/C11H10N2O2/c1-8(14)11-12-6-7-13(11)9-2-4-10(15)5-3-9/h2-7,15H,1H3. The van der Waals surface area contributed by atoms with Gasteiger partial charge in [-0.15, -0.1) is 0 Å². The molecule has 0 spiro atoms. The molecule has 1 aromatic carbocycles. The van der Waals surface area contributed by atoms with E-state index in [0.29, 0.717) is 5.82 Å². The number of hydrogen-bond donors (Lipinski definition) is 1. The third kappa shape index (κ3) is 1.74. The van der Waals surface area contributed by atoms with Gasteiger partial charge in [-0.2, -0.15) is 0 Å². The summed E-state index contributed by atoms with van der Waals surface area (Å²) in [5.74, 6) is 0.497. The van der Waals surface area contributed by atoms with E-state index in [1.807, 2.05) is 0 Å². The van der Waals surface area contributed by atoms with Crippen molar-refractivity contribution in [2.45, 2.75) is 6.92 Å². The Morgan fingerprint density at radius 1 is 1.33 bits per heavy atom. The second-order valence-corrected chi connectivity index (χ2v) is 3.19. The normalized spacial score (nSPS) is 10.2. The molecule has 76 valence electrons. The lowest BCUT2D eigenvalue weighted by atomic mass is 10.3. The summed E-state index contributed by atoms with van der Waals surface area (Å²) in [4.78, 5) is 15.2. The Hall–Kier alpha value is -2.10. The van der Waals surface area contributed by atoms with Crippen LogP contribution in [0.5, 0.6) is 5.75 Å². The summed E-state index contributed by atoms with van der Waals surface area (Å²) in [6.45, 7) is 1.47. The second kappa shape index (κ2) is 3.57. The van der Waals surface area contributed by atoms with E-state index in [9.17, 15) is 4.79 Å². The predicted octanol–water partition coefficient (Wildman–Crippen LogP) is 1.78. The number of ketones is 1. The highest BCUT2D eigenvalue weighted by Gasteiger charge is 2.08. The highest BCUT2D eigenvalue weighted by atomic mass is 16.3. The van der Waals surface area contributed by atoms with Crippen molar-refractivity contribution < 1.29 is 9.90 Å². The fourth-order valence-corrected chi connectivity index (χ4v) is 1.39. The number of benzene rings is 1. The number of rotatable bonds is 2. The van der Waals surface area contributed by atoms with Crippen LogP contribution in [0.25, 0.3) is 5.69 Å². The number of hydrogen-bond acceptors (Lipinski definition) is 3. The minimum Gasteiger partial charge on any atom is -0.508 e. The molecule has 1 heterocycles. The molecule has 0 unspecified atom stereocenters. The molecule has 4 nitrogen and oxygen atoms in total. The second-order valence-electron chi connectivity index (χ2n) is 3.19. The molecule has 0 saturated heterocycles. The van der Waals surface area contributed by atoms with E-state index in [1.165, 1.54) is 6.92 Å². The fourth-order valence-electron chi connectivity index (χ4n) is 1.39. The van der Waals surface area contributed by atoms with Crippen LogP contribution in [0.4, 0.5) is 0 Å². The average Bonchev–Trinajstić information content (AvgIpc) is 2.67. The number of nitrogens with zero attached hydrogens (tertiary/aromatic N) is 2. The van der Waals surface area contributed by atoms with E-state index in [-0.39, 0.29) is 11.5 Å². The van der Waals surface area contributed by atoms with Crippen molar-refractivity contribution in [3.63, 3.8) is 0 Å². The topological polar surface area (TPSA) is 55.1 Å². The van der Waals surface area contributed by atoms with Gasteiger partial charge in [0.2, 0.25) is 0 Å². The molecular weight excluding hydrogens is 192 g/mol. The van der Waals surface area contributed by atoms with Crippen molar-refractivity contribution in [2.75, 3.05) is 0 Å². The van der Waals surface area contributed by atoms with Crippen LogP contribution in [0.3, 0.4) is 0 Å². The van der Waals surface area contributed by atoms with Crippen molar-refractivity contribution in [3.8, 4) is 11.4 Å². The van der Waals surface area contributed by atoms with Gasteiger partial charge < -0.3 is 5.11 Å². The lowest BCUT2D eigenvalue weighted by Crippen LogP contribution is -2.04. The first-order valence-corrected chi connectivity index (χ1v) is 4.52. The number of carbonyl (C=O) groups excluding carboxylic acids is 1. The summed E-state index contributed by atoms with van der Waals surface area (Å²) in [6.07, 6.45) is 3.28. The quantitative estimate of drug-likeness (QED) is 0.755. The van der Waals surface area contributed by atoms with Crippen LogP contribution in [-0.4, -0.2) is 20.4 Å². The molecule has 2 rings (SSSR count). The fraction of sp³-hybridized carbons (Fsp3) is 0.0909. The summed E-state index contributed by atoms with van der Waals surface area (Å²) in [6, 6.07) is 6.59. The first-order valence-electron chi connectivity index (χ1n) is 4.52. The van der Waals surface area contributed by atoms with Crippen LogP contribution in [0, 0.1) is 0 Å². The van der Waals surface area contributed by atoms with Crippen LogP contribution in [0.1, 0.15) is 17.5 Å². The molecule has 0 aliphatic rings. The van der Waals surface area contributed by atoms with Crippen LogP contribution in [0.15, 0.2) is 36.7 Å². The lowest BCUT2D eigenvalue weighted by Gasteiger charge is -2.05. The van der Waals surface area contributed by atoms with E-state index >= 15 is 0 Å². The van der Waals surface area contributed by atoms with Gasteiger partial charge in [-0.1, -0.05) is 0 Å². The summed E-state index contributed by atoms with van der Waals surface area (Å²) in [5.41, 5.74) is 0.801. The number of phenolic OH excluding ortho intramolecular Hbond substituents is 1. The number of aromatic nitrogens is 2. The molecule has 0 fully saturated rings. The molecule has 15 heavy (non-hydrogen) atoms. The minimum atomic E-state index is -0.0897. The van der Waals surface area contributed by atoms with Crippen LogP contribution in [0.2, 0.25) is 0 Å². The van der Waals surface area contributed by atoms with Gasteiger partial charge in [0.05, 0.1) is 0 Å². The first kappa shape index (κ1) is 9.45. The first-order chi connectivity index (χ1) is 7.18. The molecule has 1 aromatic heterocycles. The molecule has 2 aromatic rings. The van der Waals surface area contributed by atoms with Gasteiger partial charge in [0.25, 0.3) is 0 Å². The van der Waals surface area contributed by atoms with Gasteiger partial charge in [0.15, 0.2) is 11.6 Å². The zero-order valence-electron chi connectivity index (χ0n) is 8.21. The Morgan fingerprint density at radius 2 is 2.00 bits per heavy atom. The van der Waals surface area contributed by atoms with E-state index < -0.39 is 0 Å². The Morgan fingerprint density at radius 3 is 2.60 bits per heavy atom. The summed E-state index contributed by atoms with van der Waals surface area (Å²) < 4.78 is 1.68. The smallest absolute Gasteiger partial charge is 0.195 e. The van der Waals surface area contributed by atoms with E-state index in [2.05, 4.69) is 4.98 Å². The molecule has 0 saturated carbocycles. The maximum absolute atomic E-state index is 11.2. The van der Waals surface area contributed by atoms with Crippen molar-refractivity contribution in [1.82, 2.24) is 9.55 Å². The van der Waals surface area contributed by atoms with E-state index in [0.717, 1.165) is 5.69 Å². The summed E-state index contributed by atoms with van der Waals surface area (Å²) >= 11 is 0. The van der Waals surface area contributed by atoms with Crippen LogP contribution < -0.4 is 0 Å². The molecule has 0 bridgehead atoms. The van der Waals surface area contributed by atoms with Crippen molar-refractivity contribution in [2.24, 2.45) is 0 Å². The third-order valence-corrected chi connectivity index (χ3v) is 2.08. The molecule has 0 atom stereocenters. The molecule has 0 radical (unpaired) electrons. The summed E-state index contributed by atoms with van der Waals surface area (Å²) in [5, 5.41) is 9.14. The largest absolute Gasteiger partial charge is 0.508 e. The van der Waals surface area contributed by atoms with Crippen molar-refractivity contribution in [3.05, 3.63) is 42.5 Å². The number of Topliss-reactive ketones (excluding diaryl/α,β-unsaturated/α-hetero) is 1. The van der Waals surface area contributed by atoms with Gasteiger partial charge in [0, 0.05) is 25.0 Å². The zero-order chi connectivity index (χ0) is 10.8. The maximum Gasteiger partial charge on any atom is 0.195 e. The molecule has 0 aliphatic heterocycles. The Bertz CT molecular complexity index is 486. The molecular formula is C11H10N2O2. The van der Waals surface area contributed by atoms with E-state index in [1.54, 1.807) is 41.2 Å². The minimum absolute atomic E-state index is 0.0897. The van der Waals surface area contributed by atoms with Gasteiger partial charge in [-0.25, -0.2) is 4.98 Å². The van der Waals surface area contributed by atoms with E-state index in [4.69, 9.17) is 5.11 Å².